The van der Waals surface area contributed by atoms with E-state index in [0.717, 1.165) is 36.9 Å². The van der Waals surface area contributed by atoms with Crippen LogP contribution >= 0.6 is 0 Å². The van der Waals surface area contributed by atoms with Crippen LogP contribution in [0.5, 0.6) is 6.01 Å². The van der Waals surface area contributed by atoms with Crippen LogP contribution in [0.25, 0.3) is 5.69 Å². The lowest BCUT2D eigenvalue weighted by molar-refractivity contribution is -0.132. The number of nitrogens with zero attached hydrogens (tertiary/aromatic N) is 6. The highest BCUT2D eigenvalue weighted by molar-refractivity contribution is 5.94. The molecule has 2 aliphatic rings. The number of benzene rings is 1. The second kappa shape index (κ2) is 8.25. The van der Waals surface area contributed by atoms with Crippen LogP contribution in [-0.4, -0.2) is 60.9 Å². The van der Waals surface area contributed by atoms with Crippen LogP contribution < -0.4 is 4.74 Å². The Morgan fingerprint density at radius 2 is 2.09 bits per heavy atom. The molecule has 1 unspecified atom stereocenters. The van der Waals surface area contributed by atoms with E-state index >= 15 is 0 Å². The van der Waals surface area contributed by atoms with E-state index < -0.39 is 18.4 Å². The van der Waals surface area contributed by atoms with Crippen LogP contribution in [0.15, 0.2) is 42.9 Å². The Bertz CT molecular complexity index is 1120. The first kappa shape index (κ1) is 20.5. The first-order valence-corrected chi connectivity index (χ1v) is 10.6. The van der Waals surface area contributed by atoms with E-state index in [2.05, 4.69) is 20.3 Å². The average Bonchev–Trinajstić information content (AvgIpc) is 3.35. The van der Waals surface area contributed by atoms with E-state index in [1.165, 1.54) is 15.8 Å². The summed E-state index contributed by atoms with van der Waals surface area (Å²) >= 11 is 0. The van der Waals surface area contributed by atoms with Gasteiger partial charge in [0.15, 0.2) is 6.10 Å². The van der Waals surface area contributed by atoms with Gasteiger partial charge in [0.25, 0.3) is 11.8 Å². The molecule has 1 aromatic carbocycles. The molecule has 1 aliphatic carbocycles. The van der Waals surface area contributed by atoms with Gasteiger partial charge < -0.3 is 9.64 Å². The molecule has 0 spiro atoms. The highest BCUT2D eigenvalue weighted by Gasteiger charge is 2.47. The van der Waals surface area contributed by atoms with Gasteiger partial charge in [0.2, 0.25) is 0 Å². The van der Waals surface area contributed by atoms with Gasteiger partial charge in [-0.25, -0.2) is 18.4 Å². The Labute approximate surface area is 183 Å². The second-order valence-electron chi connectivity index (χ2n) is 8.10. The fourth-order valence-corrected chi connectivity index (χ4v) is 4.13. The van der Waals surface area contributed by atoms with Gasteiger partial charge in [0.05, 0.1) is 30.3 Å². The minimum atomic E-state index is -3.08. The summed E-state index contributed by atoms with van der Waals surface area (Å²) in [5.74, 6) is -3.43. The molecule has 0 saturated carbocycles. The van der Waals surface area contributed by atoms with Crippen LogP contribution in [0, 0.1) is 0 Å². The SMILES string of the molecule is O=C(c1cccc(-n2ccnn2)c1)N1CCC(F)(F)C(Oc2ncc3c(n2)CCCC3)C1. The molecule has 1 aliphatic heterocycles. The highest BCUT2D eigenvalue weighted by Crippen LogP contribution is 2.32. The molecule has 1 saturated heterocycles. The highest BCUT2D eigenvalue weighted by atomic mass is 19.3. The molecule has 32 heavy (non-hydrogen) atoms. The van der Waals surface area contributed by atoms with E-state index in [1.807, 2.05) is 0 Å². The number of aromatic nitrogens is 5. The van der Waals surface area contributed by atoms with Crippen LogP contribution in [0.4, 0.5) is 8.78 Å². The zero-order valence-corrected chi connectivity index (χ0v) is 17.3. The van der Waals surface area contributed by atoms with Crippen molar-refractivity contribution in [3.8, 4) is 11.7 Å². The molecular formula is C22H22F2N6O2. The smallest absolute Gasteiger partial charge is 0.317 e. The van der Waals surface area contributed by atoms with Crippen LogP contribution in [0.1, 0.15) is 40.9 Å². The summed E-state index contributed by atoms with van der Waals surface area (Å²) in [5, 5.41) is 7.68. The largest absolute Gasteiger partial charge is 0.452 e. The van der Waals surface area contributed by atoms with E-state index in [9.17, 15) is 13.6 Å². The second-order valence-corrected chi connectivity index (χ2v) is 8.10. The van der Waals surface area contributed by atoms with Crippen molar-refractivity contribution in [3.05, 3.63) is 59.7 Å². The van der Waals surface area contributed by atoms with Crippen molar-refractivity contribution >= 4 is 5.91 Å². The van der Waals surface area contributed by atoms with Crippen LogP contribution in [0.2, 0.25) is 0 Å². The molecule has 166 valence electrons. The summed E-state index contributed by atoms with van der Waals surface area (Å²) in [7, 11) is 0. The molecule has 5 rings (SSSR count). The fraction of sp³-hybridized carbons (Fsp3) is 0.409. The minimum Gasteiger partial charge on any atom is -0.452 e. The summed E-state index contributed by atoms with van der Waals surface area (Å²) in [4.78, 5) is 23.0. The van der Waals surface area contributed by atoms with Crippen molar-refractivity contribution in [1.82, 2.24) is 29.9 Å². The molecule has 1 atom stereocenters. The molecule has 0 N–H and O–H groups in total. The maximum absolute atomic E-state index is 14.6. The Hall–Kier alpha value is -3.43. The Balaban J connectivity index is 1.33. The number of carbonyl (C=O) groups is 1. The molecular weight excluding hydrogens is 418 g/mol. The number of halogens is 2. The number of alkyl halides is 2. The molecule has 1 fully saturated rings. The third-order valence-corrected chi connectivity index (χ3v) is 5.93. The number of piperidine rings is 1. The topological polar surface area (TPSA) is 86.0 Å². The Morgan fingerprint density at radius 1 is 1.22 bits per heavy atom. The fourth-order valence-electron chi connectivity index (χ4n) is 4.13. The van der Waals surface area contributed by atoms with Gasteiger partial charge in [0.1, 0.15) is 0 Å². The maximum Gasteiger partial charge on any atom is 0.317 e. The molecule has 0 radical (unpaired) electrons. The number of carbonyl (C=O) groups excluding carboxylic acids is 1. The third kappa shape index (κ3) is 4.04. The predicted molar refractivity (Wildman–Crippen MR) is 110 cm³/mol. The van der Waals surface area contributed by atoms with E-state index in [4.69, 9.17) is 4.74 Å². The standard InChI is InChI=1S/C22H22F2N6O2/c23-22(24)8-10-29(20(31)15-5-3-6-17(12-15)30-11-9-26-28-30)14-19(22)32-21-25-13-16-4-1-2-7-18(16)27-21/h3,5-6,9,11-13,19H,1-2,4,7-8,10,14H2. The number of ether oxygens (including phenoxy) is 1. The Morgan fingerprint density at radius 3 is 2.94 bits per heavy atom. The Kier molecular flexibility index (Phi) is 5.28. The van der Waals surface area contributed by atoms with Crippen molar-refractivity contribution < 1.29 is 18.3 Å². The van der Waals surface area contributed by atoms with Gasteiger partial charge in [-0.2, -0.15) is 4.98 Å². The zero-order chi connectivity index (χ0) is 22.1. The lowest BCUT2D eigenvalue weighted by atomic mass is 9.98. The summed E-state index contributed by atoms with van der Waals surface area (Å²) < 4.78 is 36.4. The molecule has 2 aromatic heterocycles. The number of likely N-dealkylation sites (tertiary alicyclic amines) is 1. The van der Waals surface area contributed by atoms with Crippen molar-refractivity contribution in [3.63, 3.8) is 0 Å². The quantitative estimate of drug-likeness (QED) is 0.620. The third-order valence-electron chi connectivity index (χ3n) is 5.93. The number of rotatable bonds is 4. The zero-order valence-electron chi connectivity index (χ0n) is 17.3. The molecule has 0 bridgehead atoms. The van der Waals surface area contributed by atoms with Gasteiger partial charge in [0, 0.05) is 24.7 Å². The maximum atomic E-state index is 14.6. The van der Waals surface area contributed by atoms with Crippen molar-refractivity contribution in [2.24, 2.45) is 0 Å². The lowest BCUT2D eigenvalue weighted by Gasteiger charge is -2.37. The molecule has 3 heterocycles. The average molecular weight is 440 g/mol. The van der Waals surface area contributed by atoms with Gasteiger partial charge >= 0.3 is 6.01 Å². The van der Waals surface area contributed by atoms with Gasteiger partial charge in [-0.05, 0) is 49.4 Å². The van der Waals surface area contributed by atoms with Crippen LogP contribution in [0.3, 0.4) is 0 Å². The summed E-state index contributed by atoms with van der Waals surface area (Å²) in [6.45, 7) is -0.315. The van der Waals surface area contributed by atoms with Crippen molar-refractivity contribution in [2.75, 3.05) is 13.1 Å². The number of aryl methyl sites for hydroxylation is 2. The molecule has 3 aromatic rings. The van der Waals surface area contributed by atoms with Gasteiger partial charge in [-0.15, -0.1) is 5.10 Å². The predicted octanol–water partition coefficient (Wildman–Crippen LogP) is 2.86. The van der Waals surface area contributed by atoms with Crippen molar-refractivity contribution in [2.45, 2.75) is 44.1 Å². The first-order chi connectivity index (χ1) is 15.5. The van der Waals surface area contributed by atoms with Crippen LogP contribution in [-0.2, 0) is 12.8 Å². The van der Waals surface area contributed by atoms with Crippen molar-refractivity contribution in [1.29, 1.82) is 0 Å². The number of fused-ring (bicyclic) bond motifs is 1. The summed E-state index contributed by atoms with van der Waals surface area (Å²) in [5.41, 5.74) is 2.94. The summed E-state index contributed by atoms with van der Waals surface area (Å²) in [6, 6.07) is 6.76. The normalized spacial score (nSPS) is 19.9. The lowest BCUT2D eigenvalue weighted by Crippen LogP contribution is -2.55. The number of hydrogen-bond acceptors (Lipinski definition) is 6. The molecule has 1 amide bonds. The minimum absolute atomic E-state index is 0.0576. The van der Waals surface area contributed by atoms with E-state index in [-0.39, 0.29) is 25.0 Å². The monoisotopic (exact) mass is 440 g/mol. The summed E-state index contributed by atoms with van der Waals surface area (Å²) in [6.07, 6.45) is 6.63. The first-order valence-electron chi connectivity index (χ1n) is 10.6. The number of hydrogen-bond donors (Lipinski definition) is 0. The van der Waals surface area contributed by atoms with Gasteiger partial charge in [-0.3, -0.25) is 4.79 Å². The van der Waals surface area contributed by atoms with Gasteiger partial charge in [-0.1, -0.05) is 11.3 Å². The van der Waals surface area contributed by atoms with E-state index in [1.54, 1.807) is 36.7 Å². The molecule has 10 heteroatoms. The van der Waals surface area contributed by atoms with E-state index in [0.29, 0.717) is 11.3 Å². The number of amides is 1. The molecule has 8 nitrogen and oxygen atoms in total.